The van der Waals surface area contributed by atoms with E-state index in [0.29, 0.717) is 6.54 Å². The van der Waals surface area contributed by atoms with E-state index in [-0.39, 0.29) is 0 Å². The Hall–Kier alpha value is -1.86. The molecule has 0 radical (unpaired) electrons. The van der Waals surface area contributed by atoms with E-state index in [2.05, 4.69) is 20.0 Å². The van der Waals surface area contributed by atoms with E-state index in [1.54, 1.807) is 12.4 Å². The van der Waals surface area contributed by atoms with Gasteiger partial charge in [-0.1, -0.05) is 6.07 Å². The molecule has 0 aliphatic carbocycles. The van der Waals surface area contributed by atoms with Gasteiger partial charge in [0.2, 0.25) is 0 Å². The summed E-state index contributed by atoms with van der Waals surface area (Å²) in [5, 5.41) is 7.87. The molecule has 0 spiro atoms. The van der Waals surface area contributed by atoms with Gasteiger partial charge in [0.25, 0.3) is 0 Å². The number of hydrogen-bond donors (Lipinski definition) is 0. The van der Waals surface area contributed by atoms with Gasteiger partial charge in [-0.3, -0.25) is 9.80 Å². The molecule has 1 fully saturated rings. The predicted molar refractivity (Wildman–Crippen MR) is 82.8 cm³/mol. The van der Waals surface area contributed by atoms with Crippen LogP contribution in [-0.4, -0.2) is 57.3 Å². The minimum atomic E-state index is -0.789. The third kappa shape index (κ3) is 4.11. The minimum absolute atomic E-state index is 0.662. The number of piperazine rings is 1. The van der Waals surface area contributed by atoms with Crippen LogP contribution in [0.15, 0.2) is 24.5 Å². The van der Waals surface area contributed by atoms with E-state index in [9.17, 15) is 8.78 Å². The molecule has 1 aliphatic rings. The average Bonchev–Trinajstić information content (AvgIpc) is 2.95. The summed E-state index contributed by atoms with van der Waals surface area (Å²) in [4.78, 5) is 4.67. The Labute approximate surface area is 134 Å². The number of rotatable bonds is 5. The Morgan fingerprint density at radius 3 is 2.39 bits per heavy atom. The molecular weight excluding hydrogens is 300 g/mol. The first-order valence-corrected chi connectivity index (χ1v) is 7.85. The second-order valence-corrected chi connectivity index (χ2v) is 5.94. The maximum Gasteiger partial charge on any atom is 0.159 e. The van der Waals surface area contributed by atoms with Crippen LogP contribution < -0.4 is 0 Å². The van der Waals surface area contributed by atoms with Crippen molar-refractivity contribution in [1.29, 1.82) is 0 Å². The van der Waals surface area contributed by atoms with E-state index in [1.807, 2.05) is 11.5 Å². The first-order valence-electron chi connectivity index (χ1n) is 7.85. The maximum atomic E-state index is 13.2. The van der Waals surface area contributed by atoms with E-state index in [4.69, 9.17) is 0 Å². The summed E-state index contributed by atoms with van der Waals surface area (Å²) in [6, 6.07) is 4.14. The van der Waals surface area contributed by atoms with Crippen molar-refractivity contribution in [2.24, 2.45) is 0 Å². The number of halogens is 2. The minimum Gasteiger partial charge on any atom is -0.317 e. The molecule has 0 bridgehead atoms. The number of hydrogen-bond acceptors (Lipinski definition) is 4. The Kier molecular flexibility index (Phi) is 4.97. The largest absolute Gasteiger partial charge is 0.317 e. The fraction of sp³-hybridized carbons (Fsp3) is 0.500. The summed E-state index contributed by atoms with van der Waals surface area (Å²) in [5.74, 6) is -0.629. The van der Waals surface area contributed by atoms with Crippen LogP contribution >= 0.6 is 0 Å². The second-order valence-electron chi connectivity index (χ2n) is 5.94. The first-order chi connectivity index (χ1) is 11.1. The Morgan fingerprint density at radius 1 is 1.00 bits per heavy atom. The standard InChI is InChI=1S/C16H21F2N5/c1-13-20-19-12-23(13)9-8-21-4-6-22(7-5-21)11-14-2-3-15(17)16(18)10-14/h2-3,10,12H,4-9,11H2,1H3. The van der Waals surface area contributed by atoms with Crippen molar-refractivity contribution < 1.29 is 8.78 Å². The lowest BCUT2D eigenvalue weighted by molar-refractivity contribution is 0.124. The van der Waals surface area contributed by atoms with E-state index < -0.39 is 11.6 Å². The van der Waals surface area contributed by atoms with Gasteiger partial charge in [-0.2, -0.15) is 0 Å². The van der Waals surface area contributed by atoms with Crippen molar-refractivity contribution in [2.75, 3.05) is 32.7 Å². The lowest BCUT2D eigenvalue weighted by atomic mass is 10.2. The third-order valence-corrected chi connectivity index (χ3v) is 4.32. The summed E-state index contributed by atoms with van der Waals surface area (Å²) >= 11 is 0. The lowest BCUT2D eigenvalue weighted by Crippen LogP contribution is -2.46. The summed E-state index contributed by atoms with van der Waals surface area (Å²) < 4.78 is 28.3. The quantitative estimate of drug-likeness (QED) is 0.840. The highest BCUT2D eigenvalue weighted by molar-refractivity contribution is 5.17. The second kappa shape index (κ2) is 7.14. The highest BCUT2D eigenvalue weighted by Crippen LogP contribution is 2.12. The maximum absolute atomic E-state index is 13.2. The third-order valence-electron chi connectivity index (χ3n) is 4.32. The molecule has 1 saturated heterocycles. The smallest absolute Gasteiger partial charge is 0.159 e. The molecule has 0 unspecified atom stereocenters. The molecule has 3 rings (SSSR count). The molecule has 1 aromatic carbocycles. The number of nitrogens with zero attached hydrogens (tertiary/aromatic N) is 5. The predicted octanol–water partition coefficient (Wildman–Crippen LogP) is 1.68. The fourth-order valence-electron chi connectivity index (χ4n) is 2.85. The van der Waals surface area contributed by atoms with Gasteiger partial charge >= 0.3 is 0 Å². The number of benzene rings is 1. The van der Waals surface area contributed by atoms with Crippen molar-refractivity contribution in [3.8, 4) is 0 Å². The zero-order chi connectivity index (χ0) is 16.2. The van der Waals surface area contributed by atoms with E-state index in [1.165, 1.54) is 12.1 Å². The van der Waals surface area contributed by atoms with Crippen LogP contribution in [0.5, 0.6) is 0 Å². The SMILES string of the molecule is Cc1nncn1CCN1CCN(Cc2ccc(F)c(F)c2)CC1. The molecule has 0 N–H and O–H groups in total. The summed E-state index contributed by atoms with van der Waals surface area (Å²) in [7, 11) is 0. The van der Waals surface area contributed by atoms with Crippen LogP contribution in [0.3, 0.4) is 0 Å². The van der Waals surface area contributed by atoms with Gasteiger partial charge in [-0.15, -0.1) is 10.2 Å². The van der Waals surface area contributed by atoms with Crippen LogP contribution in [0.4, 0.5) is 8.78 Å². The van der Waals surface area contributed by atoms with Crippen molar-refractivity contribution in [3.63, 3.8) is 0 Å². The van der Waals surface area contributed by atoms with Crippen molar-refractivity contribution in [1.82, 2.24) is 24.6 Å². The van der Waals surface area contributed by atoms with Gasteiger partial charge in [0.1, 0.15) is 12.2 Å². The summed E-state index contributed by atoms with van der Waals surface area (Å²) in [5.41, 5.74) is 0.817. The number of aromatic nitrogens is 3. The molecule has 124 valence electrons. The monoisotopic (exact) mass is 321 g/mol. The molecule has 2 heterocycles. The van der Waals surface area contributed by atoms with E-state index >= 15 is 0 Å². The van der Waals surface area contributed by atoms with Gasteiger partial charge in [-0.25, -0.2) is 8.78 Å². The molecule has 23 heavy (non-hydrogen) atoms. The van der Waals surface area contributed by atoms with Crippen molar-refractivity contribution >= 4 is 0 Å². The van der Waals surface area contributed by atoms with Crippen LogP contribution in [0.25, 0.3) is 0 Å². The highest BCUT2D eigenvalue weighted by Gasteiger charge is 2.17. The van der Waals surface area contributed by atoms with Crippen LogP contribution in [-0.2, 0) is 13.1 Å². The molecule has 0 amide bonds. The zero-order valence-electron chi connectivity index (χ0n) is 13.3. The van der Waals surface area contributed by atoms with Gasteiger partial charge in [0.05, 0.1) is 0 Å². The van der Waals surface area contributed by atoms with Crippen LogP contribution in [0, 0.1) is 18.6 Å². The molecular formula is C16H21F2N5. The molecule has 1 aliphatic heterocycles. The van der Waals surface area contributed by atoms with Crippen molar-refractivity contribution in [2.45, 2.75) is 20.0 Å². The zero-order valence-corrected chi connectivity index (χ0v) is 13.3. The average molecular weight is 321 g/mol. The summed E-state index contributed by atoms with van der Waals surface area (Å²) in [6.45, 7) is 8.29. The van der Waals surface area contributed by atoms with Crippen LogP contribution in [0.1, 0.15) is 11.4 Å². The molecule has 5 nitrogen and oxygen atoms in total. The van der Waals surface area contributed by atoms with Crippen LogP contribution in [0.2, 0.25) is 0 Å². The Bertz CT molecular complexity index is 650. The van der Waals surface area contributed by atoms with E-state index in [0.717, 1.165) is 50.7 Å². The molecule has 7 heteroatoms. The van der Waals surface area contributed by atoms with Crippen molar-refractivity contribution in [3.05, 3.63) is 47.5 Å². The molecule has 0 saturated carbocycles. The van der Waals surface area contributed by atoms with Gasteiger partial charge in [0.15, 0.2) is 11.6 Å². The Morgan fingerprint density at radius 2 is 1.74 bits per heavy atom. The first kappa shape index (κ1) is 16.0. The van der Waals surface area contributed by atoms with Gasteiger partial charge < -0.3 is 4.57 Å². The normalized spacial score (nSPS) is 16.8. The molecule has 0 atom stereocenters. The Balaban J connectivity index is 1.45. The van der Waals surface area contributed by atoms with Gasteiger partial charge in [-0.05, 0) is 24.6 Å². The lowest BCUT2D eigenvalue weighted by Gasteiger charge is -2.34. The van der Waals surface area contributed by atoms with Gasteiger partial charge in [0, 0.05) is 45.8 Å². The number of aryl methyl sites for hydroxylation is 1. The molecule has 1 aromatic heterocycles. The topological polar surface area (TPSA) is 37.2 Å². The summed E-state index contributed by atoms with van der Waals surface area (Å²) in [6.07, 6.45) is 1.76. The highest BCUT2D eigenvalue weighted by atomic mass is 19.2. The fourth-order valence-corrected chi connectivity index (χ4v) is 2.85. The molecule has 2 aromatic rings.